The first-order valence-electron chi connectivity index (χ1n) is 3.68. The third-order valence-electron chi connectivity index (χ3n) is 1.18. The summed E-state index contributed by atoms with van der Waals surface area (Å²) < 4.78 is 0. The largest absolute Gasteiger partial charge is 0.344 e. The summed E-state index contributed by atoms with van der Waals surface area (Å²) in [5.74, 6) is -2.61. The van der Waals surface area contributed by atoms with Crippen LogP contribution in [0.1, 0.15) is 12.1 Å². The van der Waals surface area contributed by atoms with E-state index in [1.165, 1.54) is 13.2 Å². The van der Waals surface area contributed by atoms with Crippen LogP contribution in [0.25, 0.3) is 0 Å². The Morgan fingerprint density at radius 3 is 2.46 bits per heavy atom. The van der Waals surface area contributed by atoms with Gasteiger partial charge in [-0.1, -0.05) is 5.21 Å². The lowest BCUT2D eigenvalue weighted by Gasteiger charge is -2.11. The van der Waals surface area contributed by atoms with E-state index < -0.39 is 5.97 Å². The van der Waals surface area contributed by atoms with Gasteiger partial charge in [0.1, 0.15) is 0 Å². The number of aryl methyl sites for hydroxylation is 1. The van der Waals surface area contributed by atoms with E-state index >= 15 is 0 Å². The molecule has 0 bridgehead atoms. The molecule has 0 aliphatic rings. The van der Waals surface area contributed by atoms with E-state index in [9.17, 15) is 0 Å². The number of H-pyrrole nitrogens is 1. The smallest absolute Gasteiger partial charge is 0.275 e. The summed E-state index contributed by atoms with van der Waals surface area (Å²) in [6, 6.07) is 0. The molecule has 0 saturated carbocycles. The lowest BCUT2D eigenvalue weighted by Crippen LogP contribution is -2.27. The number of nitrogens with two attached hydrogens (primary N) is 1. The molecule has 0 aliphatic carbocycles. The van der Waals surface area contributed by atoms with Crippen LogP contribution in [-0.4, -0.2) is 43.8 Å². The Morgan fingerprint density at radius 1 is 1.46 bits per heavy atom. The second-order valence-corrected chi connectivity index (χ2v) is 2.24. The van der Waals surface area contributed by atoms with Crippen LogP contribution < -0.4 is 5.73 Å². The zero-order valence-electron chi connectivity index (χ0n) is 7.30. The van der Waals surface area contributed by atoms with E-state index in [-0.39, 0.29) is 12.8 Å². The van der Waals surface area contributed by atoms with Gasteiger partial charge >= 0.3 is 0 Å². The summed E-state index contributed by atoms with van der Waals surface area (Å²) in [7, 11) is 1.50. The molecule has 0 amide bonds. The molecule has 13 heavy (non-hydrogen) atoms. The first kappa shape index (κ1) is 12.0. The van der Waals surface area contributed by atoms with Crippen LogP contribution >= 0.6 is 0 Å². The van der Waals surface area contributed by atoms with Crippen molar-refractivity contribution in [3.05, 3.63) is 11.9 Å². The highest BCUT2D eigenvalue weighted by atomic mass is 16.7. The highest BCUT2D eigenvalue weighted by molar-refractivity contribution is 4.90. The van der Waals surface area contributed by atoms with Crippen LogP contribution in [0.2, 0.25) is 0 Å². The maximum atomic E-state index is 8.47. The standard InChI is InChI=1S/C5H9N3O3.CH5N/c9-5(10,11)2-1-4-3-6-8-7-4;1-2/h3,9-11H,1-2H2,(H,6,7,8);2H2,1H3. The third kappa shape index (κ3) is 6.17. The average molecular weight is 190 g/mol. The molecule has 0 aromatic carbocycles. The van der Waals surface area contributed by atoms with Crippen molar-refractivity contribution in [3.8, 4) is 0 Å². The molecule has 7 nitrogen and oxygen atoms in total. The van der Waals surface area contributed by atoms with Crippen molar-refractivity contribution in [3.63, 3.8) is 0 Å². The molecule has 7 heteroatoms. The molecular weight excluding hydrogens is 176 g/mol. The second kappa shape index (κ2) is 5.60. The van der Waals surface area contributed by atoms with Gasteiger partial charge < -0.3 is 21.1 Å². The lowest BCUT2D eigenvalue weighted by atomic mass is 10.2. The molecule has 0 spiro atoms. The zero-order chi connectivity index (χ0) is 10.3. The number of aliphatic hydroxyl groups is 3. The second-order valence-electron chi connectivity index (χ2n) is 2.24. The van der Waals surface area contributed by atoms with Gasteiger partial charge in [-0.15, -0.1) is 5.10 Å². The molecular formula is C6H14N4O3. The number of rotatable bonds is 3. The molecule has 0 fully saturated rings. The minimum absolute atomic E-state index is 0.181. The Labute approximate surface area is 75.2 Å². The molecule has 0 saturated heterocycles. The van der Waals surface area contributed by atoms with E-state index in [0.717, 1.165) is 0 Å². The Balaban J connectivity index is 0.000000671. The first-order valence-corrected chi connectivity index (χ1v) is 3.68. The van der Waals surface area contributed by atoms with Gasteiger partial charge in [-0.3, -0.25) is 5.10 Å². The van der Waals surface area contributed by atoms with Crippen LogP contribution in [0.4, 0.5) is 0 Å². The van der Waals surface area contributed by atoms with Gasteiger partial charge in [-0.25, -0.2) is 0 Å². The minimum Gasteiger partial charge on any atom is -0.344 e. The van der Waals surface area contributed by atoms with Crippen molar-refractivity contribution in [1.82, 2.24) is 15.4 Å². The van der Waals surface area contributed by atoms with Crippen molar-refractivity contribution >= 4 is 0 Å². The zero-order valence-corrected chi connectivity index (χ0v) is 7.30. The van der Waals surface area contributed by atoms with Gasteiger partial charge in [0.05, 0.1) is 5.69 Å². The monoisotopic (exact) mass is 190 g/mol. The molecule has 76 valence electrons. The van der Waals surface area contributed by atoms with Gasteiger partial charge in [0.2, 0.25) is 0 Å². The van der Waals surface area contributed by atoms with Crippen molar-refractivity contribution in [2.24, 2.45) is 5.73 Å². The van der Waals surface area contributed by atoms with Gasteiger partial charge in [-0.05, 0) is 7.05 Å². The Bertz CT molecular complexity index is 206. The maximum absolute atomic E-state index is 8.47. The van der Waals surface area contributed by atoms with Crippen LogP contribution in [0.3, 0.4) is 0 Å². The van der Waals surface area contributed by atoms with E-state index in [2.05, 4.69) is 21.1 Å². The fourth-order valence-corrected chi connectivity index (χ4v) is 0.643. The molecule has 6 N–H and O–H groups in total. The topological polar surface area (TPSA) is 128 Å². The van der Waals surface area contributed by atoms with E-state index in [1.807, 2.05) is 0 Å². The quantitative estimate of drug-likeness (QED) is 0.349. The van der Waals surface area contributed by atoms with Crippen LogP contribution in [-0.2, 0) is 6.42 Å². The minimum atomic E-state index is -2.61. The molecule has 0 atom stereocenters. The van der Waals surface area contributed by atoms with Crippen molar-refractivity contribution in [2.75, 3.05) is 7.05 Å². The van der Waals surface area contributed by atoms with Crippen LogP contribution in [0.15, 0.2) is 6.20 Å². The number of aromatic amines is 1. The van der Waals surface area contributed by atoms with Crippen LogP contribution in [0, 0.1) is 0 Å². The normalized spacial score (nSPS) is 10.5. The molecule has 1 aromatic rings. The highest BCUT2D eigenvalue weighted by Crippen LogP contribution is 2.04. The average Bonchev–Trinajstić information content (AvgIpc) is 2.55. The fourth-order valence-electron chi connectivity index (χ4n) is 0.643. The van der Waals surface area contributed by atoms with Gasteiger partial charge in [0, 0.05) is 19.0 Å². The first-order chi connectivity index (χ1) is 6.08. The predicted octanol–water partition coefficient (Wildman–Crippen LogP) is -2.06. The van der Waals surface area contributed by atoms with Gasteiger partial charge in [-0.2, -0.15) is 0 Å². The lowest BCUT2D eigenvalue weighted by molar-refractivity contribution is -0.314. The number of hydrogen-bond acceptors (Lipinski definition) is 6. The highest BCUT2D eigenvalue weighted by Gasteiger charge is 2.17. The molecule has 1 aromatic heterocycles. The summed E-state index contributed by atoms with van der Waals surface area (Å²) >= 11 is 0. The number of hydrogen-bond donors (Lipinski definition) is 5. The molecule has 0 unspecified atom stereocenters. The summed E-state index contributed by atoms with van der Waals surface area (Å²) in [5.41, 5.74) is 5.08. The Hall–Kier alpha value is -1.02. The van der Waals surface area contributed by atoms with Crippen molar-refractivity contribution in [2.45, 2.75) is 18.8 Å². The SMILES string of the molecule is CN.OC(O)(O)CCc1c[nH]nn1. The van der Waals surface area contributed by atoms with Gasteiger partial charge in [0.25, 0.3) is 5.97 Å². The molecule has 1 heterocycles. The third-order valence-corrected chi connectivity index (χ3v) is 1.18. The summed E-state index contributed by atoms with van der Waals surface area (Å²) in [6.07, 6.45) is 1.60. The van der Waals surface area contributed by atoms with E-state index in [0.29, 0.717) is 5.69 Å². The number of aromatic nitrogens is 3. The Morgan fingerprint density at radius 2 is 2.08 bits per heavy atom. The van der Waals surface area contributed by atoms with Gasteiger partial charge in [0.15, 0.2) is 0 Å². The molecule has 1 rings (SSSR count). The van der Waals surface area contributed by atoms with E-state index in [1.54, 1.807) is 0 Å². The summed E-state index contributed by atoms with van der Waals surface area (Å²) in [4.78, 5) is 0. The number of nitrogens with one attached hydrogen (secondary N) is 1. The predicted molar refractivity (Wildman–Crippen MR) is 44.2 cm³/mol. The molecule has 0 radical (unpaired) electrons. The molecule has 0 aliphatic heterocycles. The van der Waals surface area contributed by atoms with E-state index in [4.69, 9.17) is 15.3 Å². The Kier molecular flexibility index (Phi) is 5.16. The summed E-state index contributed by atoms with van der Waals surface area (Å²) in [5, 5.41) is 34.9. The summed E-state index contributed by atoms with van der Waals surface area (Å²) in [6.45, 7) is 0. The van der Waals surface area contributed by atoms with Crippen molar-refractivity contribution < 1.29 is 15.3 Å². The number of nitrogens with zero attached hydrogens (tertiary/aromatic N) is 2. The maximum Gasteiger partial charge on any atom is 0.275 e. The van der Waals surface area contributed by atoms with Crippen LogP contribution in [0.5, 0.6) is 0 Å². The van der Waals surface area contributed by atoms with Crippen molar-refractivity contribution in [1.29, 1.82) is 0 Å². The fraction of sp³-hybridized carbons (Fsp3) is 0.667.